The first-order valence-corrected chi connectivity index (χ1v) is 12.3. The molecule has 2 aromatic carbocycles. The molecular weight excluding hydrogens is 520 g/mol. The van der Waals surface area contributed by atoms with Crippen molar-refractivity contribution in [2.75, 3.05) is 11.9 Å². The number of carbonyl (C=O) groups is 3. The Balaban J connectivity index is 1.50. The molecule has 1 saturated heterocycles. The molecule has 0 aliphatic carbocycles. The third-order valence-corrected chi connectivity index (χ3v) is 6.55. The van der Waals surface area contributed by atoms with Crippen LogP contribution in [0.25, 0.3) is 11.3 Å². The van der Waals surface area contributed by atoms with E-state index in [-0.39, 0.29) is 34.9 Å². The van der Waals surface area contributed by atoms with Crippen molar-refractivity contribution in [3.8, 4) is 11.3 Å². The molecule has 10 nitrogen and oxygen atoms in total. The summed E-state index contributed by atoms with van der Waals surface area (Å²) in [5.74, 6) is -2.12. The molecule has 0 unspecified atom stereocenters. The summed E-state index contributed by atoms with van der Waals surface area (Å²) in [4.78, 5) is 42.3. The second kappa shape index (κ2) is 10.8. The highest BCUT2D eigenvalue weighted by Gasteiger charge is 2.42. The molecule has 2 aromatic heterocycles. The van der Waals surface area contributed by atoms with Gasteiger partial charge in [0.2, 0.25) is 5.91 Å². The van der Waals surface area contributed by atoms with E-state index in [0.717, 1.165) is 6.07 Å². The standard InChI is InChI=1S/C28H22N4O6S/c33-23(30-19-6-2-1-3-7-19)15-32-25(24(31-28(32)39)20-8-4-5-11-29-20)22-10-9-21(38-22)16-12-17(26(34)35)14-18(13-16)27(36)37/h1-14,24-25H,15H2,(H,30,33)(H,31,39)(H,34,35)(H,36,37)/t24-,25-/m0/s1. The van der Waals surface area contributed by atoms with E-state index in [1.165, 1.54) is 12.1 Å². The van der Waals surface area contributed by atoms with Gasteiger partial charge in [-0.25, -0.2) is 9.59 Å². The summed E-state index contributed by atoms with van der Waals surface area (Å²) >= 11 is 5.60. The van der Waals surface area contributed by atoms with Gasteiger partial charge in [-0.05, 0) is 66.8 Å². The highest BCUT2D eigenvalue weighted by Crippen LogP contribution is 2.40. The van der Waals surface area contributed by atoms with Crippen molar-refractivity contribution in [3.63, 3.8) is 0 Å². The van der Waals surface area contributed by atoms with Crippen molar-refractivity contribution in [2.24, 2.45) is 0 Å². The Morgan fingerprint density at radius 1 is 0.949 bits per heavy atom. The van der Waals surface area contributed by atoms with Crippen LogP contribution in [0.4, 0.5) is 5.69 Å². The van der Waals surface area contributed by atoms with Crippen LogP contribution in [0.5, 0.6) is 0 Å². The van der Waals surface area contributed by atoms with Gasteiger partial charge in [0.15, 0.2) is 5.11 Å². The number of rotatable bonds is 8. The first kappa shape index (κ1) is 25.6. The molecule has 0 spiro atoms. The van der Waals surface area contributed by atoms with E-state index < -0.39 is 24.0 Å². The maximum Gasteiger partial charge on any atom is 0.335 e. The molecule has 1 aliphatic heterocycles. The maximum absolute atomic E-state index is 13.0. The van der Waals surface area contributed by atoms with E-state index >= 15 is 0 Å². The van der Waals surface area contributed by atoms with Crippen LogP contribution in [0, 0.1) is 0 Å². The number of thiocarbonyl (C=S) groups is 1. The summed E-state index contributed by atoms with van der Waals surface area (Å²) in [5.41, 5.74) is 1.24. The van der Waals surface area contributed by atoms with Gasteiger partial charge in [0.25, 0.3) is 0 Å². The first-order valence-electron chi connectivity index (χ1n) is 11.8. The number of hydrogen-bond donors (Lipinski definition) is 4. The van der Waals surface area contributed by atoms with Crippen LogP contribution < -0.4 is 10.6 Å². The minimum atomic E-state index is -1.26. The third-order valence-electron chi connectivity index (χ3n) is 6.20. The molecule has 4 aromatic rings. The average molecular weight is 543 g/mol. The van der Waals surface area contributed by atoms with Crippen LogP contribution >= 0.6 is 12.2 Å². The number of anilines is 1. The monoisotopic (exact) mass is 542 g/mol. The van der Waals surface area contributed by atoms with E-state index in [4.69, 9.17) is 16.6 Å². The Kier molecular flexibility index (Phi) is 7.06. The van der Waals surface area contributed by atoms with Crippen molar-refractivity contribution < 1.29 is 29.0 Å². The third kappa shape index (κ3) is 5.48. The van der Waals surface area contributed by atoms with Crippen LogP contribution in [0.15, 0.2) is 89.5 Å². The fourth-order valence-corrected chi connectivity index (χ4v) is 4.75. The van der Waals surface area contributed by atoms with Gasteiger partial charge >= 0.3 is 11.9 Å². The van der Waals surface area contributed by atoms with Gasteiger partial charge in [0.05, 0.1) is 22.9 Å². The van der Waals surface area contributed by atoms with Crippen molar-refractivity contribution in [1.82, 2.24) is 15.2 Å². The summed E-state index contributed by atoms with van der Waals surface area (Å²) in [5, 5.41) is 25.3. The predicted molar refractivity (Wildman–Crippen MR) is 145 cm³/mol. The lowest BCUT2D eigenvalue weighted by Crippen LogP contribution is -2.36. The Labute approximate surface area is 227 Å². The Morgan fingerprint density at radius 3 is 2.28 bits per heavy atom. The zero-order valence-corrected chi connectivity index (χ0v) is 21.1. The largest absolute Gasteiger partial charge is 0.478 e. The normalized spacial score (nSPS) is 16.5. The van der Waals surface area contributed by atoms with Crippen molar-refractivity contribution in [3.05, 3.63) is 108 Å². The van der Waals surface area contributed by atoms with E-state index in [9.17, 15) is 24.6 Å². The molecule has 196 valence electrons. The molecule has 1 aliphatic rings. The number of pyridine rings is 1. The lowest BCUT2D eigenvalue weighted by molar-refractivity contribution is -0.116. The highest BCUT2D eigenvalue weighted by molar-refractivity contribution is 7.80. The smallest absolute Gasteiger partial charge is 0.335 e. The van der Waals surface area contributed by atoms with E-state index in [1.54, 1.807) is 41.4 Å². The van der Waals surface area contributed by atoms with Gasteiger partial charge in [-0.15, -0.1) is 0 Å². The zero-order chi connectivity index (χ0) is 27.5. The number of amides is 1. The van der Waals surface area contributed by atoms with Crippen molar-refractivity contribution >= 4 is 40.9 Å². The van der Waals surface area contributed by atoms with Gasteiger partial charge in [-0.3, -0.25) is 9.78 Å². The lowest BCUT2D eigenvalue weighted by Gasteiger charge is -2.25. The number of para-hydroxylation sites is 1. The number of aromatic nitrogens is 1. The number of nitrogens with one attached hydrogen (secondary N) is 2. The molecular formula is C28H22N4O6S. The van der Waals surface area contributed by atoms with E-state index in [2.05, 4.69) is 15.6 Å². The minimum absolute atomic E-state index is 0.0809. The van der Waals surface area contributed by atoms with Crippen LogP contribution in [0.1, 0.15) is 44.3 Å². The molecule has 2 atom stereocenters. The number of nitrogens with zero attached hydrogens (tertiary/aromatic N) is 2. The Morgan fingerprint density at radius 2 is 1.64 bits per heavy atom. The summed E-state index contributed by atoms with van der Waals surface area (Å²) in [6.07, 6.45) is 1.65. The van der Waals surface area contributed by atoms with E-state index in [0.29, 0.717) is 22.3 Å². The molecule has 4 N–H and O–H groups in total. The maximum atomic E-state index is 13.0. The topological polar surface area (TPSA) is 145 Å². The number of carboxylic acids is 2. The highest BCUT2D eigenvalue weighted by atomic mass is 32.1. The fourth-order valence-electron chi connectivity index (χ4n) is 4.45. The van der Waals surface area contributed by atoms with E-state index in [1.807, 2.05) is 30.3 Å². The fraction of sp³-hybridized carbons (Fsp3) is 0.107. The number of carbonyl (C=O) groups excluding carboxylic acids is 1. The molecule has 0 bridgehead atoms. The molecule has 0 saturated carbocycles. The van der Waals surface area contributed by atoms with Gasteiger partial charge in [-0.1, -0.05) is 24.3 Å². The molecule has 0 radical (unpaired) electrons. The molecule has 5 rings (SSSR count). The minimum Gasteiger partial charge on any atom is -0.478 e. The molecule has 1 amide bonds. The number of benzene rings is 2. The van der Waals surface area contributed by atoms with Crippen LogP contribution in [0.2, 0.25) is 0 Å². The van der Waals surface area contributed by atoms with Crippen LogP contribution in [0.3, 0.4) is 0 Å². The summed E-state index contributed by atoms with van der Waals surface area (Å²) < 4.78 is 6.17. The number of aromatic carboxylic acids is 2. The first-order chi connectivity index (χ1) is 18.8. The van der Waals surface area contributed by atoms with Gasteiger partial charge in [-0.2, -0.15) is 0 Å². The summed E-state index contributed by atoms with van der Waals surface area (Å²) in [6.45, 7) is -0.0809. The van der Waals surface area contributed by atoms with Gasteiger partial charge in [0.1, 0.15) is 24.1 Å². The quantitative estimate of drug-likeness (QED) is 0.237. The van der Waals surface area contributed by atoms with Crippen LogP contribution in [-0.2, 0) is 4.79 Å². The predicted octanol–water partition coefficient (Wildman–Crippen LogP) is 4.35. The van der Waals surface area contributed by atoms with Crippen molar-refractivity contribution in [1.29, 1.82) is 0 Å². The molecule has 11 heteroatoms. The zero-order valence-electron chi connectivity index (χ0n) is 20.3. The average Bonchev–Trinajstić information content (AvgIpc) is 3.54. The Hall–Kier alpha value is -5.03. The second-order valence-electron chi connectivity index (χ2n) is 8.78. The van der Waals surface area contributed by atoms with Gasteiger partial charge < -0.3 is 30.2 Å². The molecule has 39 heavy (non-hydrogen) atoms. The molecule has 1 fully saturated rings. The number of furan rings is 1. The summed E-state index contributed by atoms with van der Waals surface area (Å²) in [7, 11) is 0. The summed E-state index contributed by atoms with van der Waals surface area (Å²) in [6, 6.07) is 20.6. The van der Waals surface area contributed by atoms with Crippen LogP contribution in [-0.4, -0.2) is 49.6 Å². The SMILES string of the molecule is O=C(CN1C(=S)N[C@@H](c2ccccn2)[C@@H]1c1ccc(-c2cc(C(=O)O)cc(C(=O)O)c2)o1)Nc1ccccc1. The number of carboxylic acid groups (broad SMARTS) is 2. The van der Waals surface area contributed by atoms with Gasteiger partial charge in [0, 0.05) is 17.4 Å². The second-order valence-corrected chi connectivity index (χ2v) is 9.17. The number of hydrogen-bond acceptors (Lipinski definition) is 6. The van der Waals surface area contributed by atoms with Crippen molar-refractivity contribution in [2.45, 2.75) is 12.1 Å². The molecule has 3 heterocycles. The Bertz CT molecular complexity index is 1520. The lowest BCUT2D eigenvalue weighted by atomic mass is 10.0.